The van der Waals surface area contributed by atoms with Crippen molar-refractivity contribution in [1.82, 2.24) is 9.97 Å². The lowest BCUT2D eigenvalue weighted by atomic mass is 10.2. The van der Waals surface area contributed by atoms with Crippen LogP contribution in [0, 0.1) is 11.6 Å². The molecule has 0 amide bonds. The van der Waals surface area contributed by atoms with Gasteiger partial charge in [0.05, 0.1) is 6.20 Å². The molecule has 1 aromatic carbocycles. The van der Waals surface area contributed by atoms with Crippen molar-refractivity contribution in [2.45, 2.75) is 6.61 Å². The van der Waals surface area contributed by atoms with Crippen molar-refractivity contribution in [1.29, 1.82) is 0 Å². The SMILES string of the molecule is C=CCOC(=S)Nc1nc(OCc2ccc(F)cc2)ncc1F. The van der Waals surface area contributed by atoms with Crippen molar-refractivity contribution >= 4 is 23.2 Å². The van der Waals surface area contributed by atoms with Crippen LogP contribution in [0.1, 0.15) is 5.56 Å². The second-order valence-corrected chi connectivity index (χ2v) is 4.65. The zero-order valence-corrected chi connectivity index (χ0v) is 12.8. The van der Waals surface area contributed by atoms with Crippen LogP contribution in [0.25, 0.3) is 0 Å². The van der Waals surface area contributed by atoms with E-state index in [1.165, 1.54) is 18.2 Å². The Bertz CT molecular complexity index is 696. The number of nitrogens with zero attached hydrogens (tertiary/aromatic N) is 2. The van der Waals surface area contributed by atoms with Crippen molar-refractivity contribution in [3.63, 3.8) is 0 Å². The molecule has 2 aromatic rings. The van der Waals surface area contributed by atoms with Crippen LogP contribution in [0.3, 0.4) is 0 Å². The number of benzene rings is 1. The number of ether oxygens (including phenoxy) is 2. The lowest BCUT2D eigenvalue weighted by molar-refractivity contribution is 0.279. The van der Waals surface area contributed by atoms with Crippen molar-refractivity contribution < 1.29 is 18.3 Å². The van der Waals surface area contributed by atoms with Gasteiger partial charge in [-0.1, -0.05) is 24.8 Å². The van der Waals surface area contributed by atoms with Gasteiger partial charge in [-0.05, 0) is 29.9 Å². The van der Waals surface area contributed by atoms with Gasteiger partial charge in [0.15, 0.2) is 11.6 Å². The predicted molar refractivity (Wildman–Crippen MR) is 85.1 cm³/mol. The smallest absolute Gasteiger partial charge is 0.318 e. The van der Waals surface area contributed by atoms with Crippen LogP contribution in [0.4, 0.5) is 14.6 Å². The molecule has 0 saturated heterocycles. The highest BCUT2D eigenvalue weighted by molar-refractivity contribution is 7.80. The summed E-state index contributed by atoms with van der Waals surface area (Å²) in [6.45, 7) is 3.78. The quantitative estimate of drug-likeness (QED) is 0.645. The lowest BCUT2D eigenvalue weighted by Gasteiger charge is -2.10. The van der Waals surface area contributed by atoms with Gasteiger partial charge in [0, 0.05) is 0 Å². The second kappa shape index (κ2) is 8.14. The van der Waals surface area contributed by atoms with Gasteiger partial charge in [-0.3, -0.25) is 5.32 Å². The Morgan fingerprint density at radius 3 is 2.74 bits per heavy atom. The number of aromatic nitrogens is 2. The number of halogens is 2. The fraction of sp³-hybridized carbons (Fsp3) is 0.133. The molecule has 0 aliphatic rings. The van der Waals surface area contributed by atoms with E-state index in [2.05, 4.69) is 21.9 Å². The Kier molecular flexibility index (Phi) is 5.93. The maximum atomic E-state index is 13.6. The lowest BCUT2D eigenvalue weighted by Crippen LogP contribution is -2.16. The molecule has 23 heavy (non-hydrogen) atoms. The molecular formula is C15H13F2N3O2S. The Morgan fingerprint density at radius 2 is 2.04 bits per heavy atom. The van der Waals surface area contributed by atoms with Crippen LogP contribution in [0.5, 0.6) is 6.01 Å². The average Bonchev–Trinajstić information content (AvgIpc) is 2.55. The van der Waals surface area contributed by atoms with E-state index in [9.17, 15) is 8.78 Å². The summed E-state index contributed by atoms with van der Waals surface area (Å²) in [7, 11) is 0. The van der Waals surface area contributed by atoms with Crippen LogP contribution < -0.4 is 10.1 Å². The summed E-state index contributed by atoms with van der Waals surface area (Å²) in [5.74, 6) is -1.21. The van der Waals surface area contributed by atoms with Gasteiger partial charge >= 0.3 is 6.01 Å². The summed E-state index contributed by atoms with van der Waals surface area (Å²) >= 11 is 4.87. The maximum absolute atomic E-state index is 13.6. The standard InChI is InChI=1S/C15H13F2N3O2S/c1-2-7-21-15(23)20-13-12(17)8-18-14(19-13)22-9-10-3-5-11(16)6-4-10/h2-6,8H,1,7,9H2,(H,18,19,20,23). The molecule has 1 N–H and O–H groups in total. The molecule has 0 radical (unpaired) electrons. The zero-order chi connectivity index (χ0) is 16.7. The van der Waals surface area contributed by atoms with Gasteiger partial charge in [0.1, 0.15) is 19.0 Å². The van der Waals surface area contributed by atoms with E-state index < -0.39 is 5.82 Å². The molecule has 5 nitrogen and oxygen atoms in total. The fourth-order valence-corrected chi connectivity index (χ4v) is 1.67. The van der Waals surface area contributed by atoms with Gasteiger partial charge in [-0.25, -0.2) is 13.8 Å². The first kappa shape index (κ1) is 16.8. The van der Waals surface area contributed by atoms with Crippen molar-refractivity contribution in [3.05, 3.63) is 60.3 Å². The monoisotopic (exact) mass is 337 g/mol. The van der Waals surface area contributed by atoms with Gasteiger partial charge < -0.3 is 9.47 Å². The minimum Gasteiger partial charge on any atom is -0.467 e. The number of rotatable bonds is 6. The zero-order valence-electron chi connectivity index (χ0n) is 12.0. The second-order valence-electron chi connectivity index (χ2n) is 4.28. The first-order valence-corrected chi connectivity index (χ1v) is 6.94. The van der Waals surface area contributed by atoms with Crippen molar-refractivity contribution in [2.24, 2.45) is 0 Å². The van der Waals surface area contributed by atoms with E-state index in [4.69, 9.17) is 21.7 Å². The van der Waals surface area contributed by atoms with Crippen LogP contribution in [-0.4, -0.2) is 21.7 Å². The number of anilines is 1. The molecule has 1 heterocycles. The Morgan fingerprint density at radius 1 is 1.30 bits per heavy atom. The molecule has 0 fully saturated rings. The summed E-state index contributed by atoms with van der Waals surface area (Å²) in [6, 6.07) is 5.70. The molecule has 120 valence electrons. The third-order valence-electron chi connectivity index (χ3n) is 2.56. The molecule has 0 aliphatic carbocycles. The van der Waals surface area contributed by atoms with E-state index in [1.54, 1.807) is 12.1 Å². The van der Waals surface area contributed by atoms with Crippen LogP contribution in [0.15, 0.2) is 43.1 Å². The highest BCUT2D eigenvalue weighted by Gasteiger charge is 2.10. The minimum atomic E-state index is -0.705. The topological polar surface area (TPSA) is 56.3 Å². The first-order valence-electron chi connectivity index (χ1n) is 6.53. The van der Waals surface area contributed by atoms with Gasteiger partial charge in [0.25, 0.3) is 5.17 Å². The summed E-state index contributed by atoms with van der Waals surface area (Å²) in [4.78, 5) is 7.58. The maximum Gasteiger partial charge on any atom is 0.318 e. The number of hydrogen-bond acceptors (Lipinski definition) is 5. The molecule has 0 atom stereocenters. The van der Waals surface area contributed by atoms with Crippen LogP contribution >= 0.6 is 12.2 Å². The normalized spacial score (nSPS) is 10.0. The minimum absolute atomic E-state index is 0.0491. The van der Waals surface area contributed by atoms with E-state index in [1.807, 2.05) is 0 Å². The van der Waals surface area contributed by atoms with Crippen molar-refractivity contribution in [3.8, 4) is 6.01 Å². The van der Waals surface area contributed by atoms with Crippen LogP contribution in [-0.2, 0) is 11.3 Å². The van der Waals surface area contributed by atoms with E-state index in [-0.39, 0.29) is 36.0 Å². The number of nitrogens with one attached hydrogen (secondary N) is 1. The molecule has 0 spiro atoms. The van der Waals surface area contributed by atoms with Crippen molar-refractivity contribution in [2.75, 3.05) is 11.9 Å². The molecule has 8 heteroatoms. The van der Waals surface area contributed by atoms with Crippen LogP contribution in [0.2, 0.25) is 0 Å². The molecule has 2 rings (SSSR count). The van der Waals surface area contributed by atoms with Gasteiger partial charge in [-0.15, -0.1) is 0 Å². The van der Waals surface area contributed by atoms with Gasteiger partial charge in [0.2, 0.25) is 0 Å². The average molecular weight is 337 g/mol. The number of thiocarbonyl (C=S) groups is 1. The van der Waals surface area contributed by atoms with E-state index in [0.29, 0.717) is 0 Å². The summed E-state index contributed by atoms with van der Waals surface area (Å²) in [5.41, 5.74) is 0.721. The Labute approximate surface area is 137 Å². The highest BCUT2D eigenvalue weighted by Crippen LogP contribution is 2.15. The fourth-order valence-electron chi connectivity index (χ4n) is 1.50. The largest absolute Gasteiger partial charge is 0.467 e. The predicted octanol–water partition coefficient (Wildman–Crippen LogP) is 3.23. The third kappa shape index (κ3) is 5.26. The molecule has 0 bridgehead atoms. The molecule has 0 unspecified atom stereocenters. The molecule has 0 saturated carbocycles. The van der Waals surface area contributed by atoms with E-state index >= 15 is 0 Å². The Hall–Kier alpha value is -2.61. The van der Waals surface area contributed by atoms with E-state index in [0.717, 1.165) is 11.8 Å². The number of hydrogen-bond donors (Lipinski definition) is 1. The van der Waals surface area contributed by atoms with Gasteiger partial charge in [-0.2, -0.15) is 4.98 Å². The highest BCUT2D eigenvalue weighted by atomic mass is 32.1. The third-order valence-corrected chi connectivity index (χ3v) is 2.78. The molecule has 1 aromatic heterocycles. The first-order chi connectivity index (χ1) is 11.1. The summed E-state index contributed by atoms with van der Waals surface area (Å²) in [6.07, 6.45) is 2.45. The Balaban J connectivity index is 2.00. The summed E-state index contributed by atoms with van der Waals surface area (Å²) in [5, 5.41) is 2.45. The molecule has 0 aliphatic heterocycles. The molecular weight excluding hydrogens is 324 g/mol. The summed E-state index contributed by atoms with van der Waals surface area (Å²) < 4.78 is 36.8.